The minimum atomic E-state index is -3.44. The molecule has 0 saturated carbocycles. The minimum Gasteiger partial charge on any atom is -0.396 e. The maximum absolute atomic E-state index is 11.9. The van der Waals surface area contributed by atoms with Crippen molar-refractivity contribution in [1.29, 1.82) is 0 Å². The summed E-state index contributed by atoms with van der Waals surface area (Å²) in [6.45, 7) is 1.87. The van der Waals surface area contributed by atoms with Crippen LogP contribution < -0.4 is 4.72 Å². The van der Waals surface area contributed by atoms with E-state index < -0.39 is 10.0 Å². The van der Waals surface area contributed by atoms with Gasteiger partial charge in [0.05, 0.1) is 4.90 Å². The largest absolute Gasteiger partial charge is 0.396 e. The molecule has 0 heterocycles. The number of rotatable bonds is 6. The molecule has 0 aliphatic rings. The van der Waals surface area contributed by atoms with Gasteiger partial charge in [0.1, 0.15) is 0 Å². The van der Waals surface area contributed by atoms with E-state index >= 15 is 0 Å². The van der Waals surface area contributed by atoms with Crippen LogP contribution in [0.3, 0.4) is 0 Å². The first kappa shape index (κ1) is 14.9. The average Bonchev–Trinajstić information content (AvgIpc) is 2.26. The first-order valence-electron chi connectivity index (χ1n) is 5.34. The smallest absolute Gasteiger partial charge is 0.240 e. The molecule has 0 aliphatic heterocycles. The van der Waals surface area contributed by atoms with Gasteiger partial charge in [0.15, 0.2) is 0 Å². The van der Waals surface area contributed by atoms with Gasteiger partial charge in [0.2, 0.25) is 10.0 Å². The molecule has 0 bridgehead atoms. The van der Waals surface area contributed by atoms with Gasteiger partial charge >= 0.3 is 0 Å². The Labute approximate surface area is 116 Å². The van der Waals surface area contributed by atoms with Crippen LogP contribution in [0.5, 0.6) is 0 Å². The monoisotopic (exact) mass is 369 g/mol. The molecule has 1 rings (SSSR count). The Morgan fingerprint density at radius 3 is 2.47 bits per heavy atom. The Bertz CT molecular complexity index is 444. The van der Waals surface area contributed by atoms with Crippen molar-refractivity contribution >= 4 is 32.6 Å². The molecule has 2 N–H and O–H groups in total. The molecule has 0 aromatic heterocycles. The normalized spacial score (nSPS) is 13.6. The van der Waals surface area contributed by atoms with Crippen molar-refractivity contribution in [3.8, 4) is 0 Å². The quantitative estimate of drug-likeness (QED) is 0.751. The zero-order valence-corrected chi connectivity index (χ0v) is 12.5. The number of hydrogen-bond donors (Lipinski definition) is 2. The summed E-state index contributed by atoms with van der Waals surface area (Å²) in [6, 6.07) is 6.51. The standard InChI is InChI=1S/C11H16INO3S/c1-9(3-2-8-14)13-17(15,16)11-6-4-10(12)5-7-11/h4-7,9,13-14H,2-3,8H2,1H3. The Hall–Kier alpha value is -0.180. The van der Waals surface area contributed by atoms with Crippen LogP contribution in [-0.2, 0) is 10.0 Å². The number of hydrogen-bond acceptors (Lipinski definition) is 3. The number of benzene rings is 1. The third-order valence-corrected chi connectivity index (χ3v) is 4.60. The van der Waals surface area contributed by atoms with E-state index in [1.54, 1.807) is 31.2 Å². The number of aliphatic hydroxyl groups is 1. The summed E-state index contributed by atoms with van der Waals surface area (Å²) >= 11 is 2.13. The summed E-state index contributed by atoms with van der Waals surface area (Å²) in [6.07, 6.45) is 1.22. The Morgan fingerprint density at radius 2 is 1.94 bits per heavy atom. The van der Waals surface area contributed by atoms with Crippen LogP contribution in [0.25, 0.3) is 0 Å². The van der Waals surface area contributed by atoms with Crippen molar-refractivity contribution in [3.05, 3.63) is 27.8 Å². The molecule has 1 atom stereocenters. The highest BCUT2D eigenvalue weighted by Crippen LogP contribution is 2.13. The molecule has 1 unspecified atom stereocenters. The molecule has 96 valence electrons. The summed E-state index contributed by atoms with van der Waals surface area (Å²) in [5, 5.41) is 8.68. The van der Waals surface area contributed by atoms with E-state index in [1.165, 1.54) is 0 Å². The lowest BCUT2D eigenvalue weighted by Gasteiger charge is -2.13. The molecule has 17 heavy (non-hydrogen) atoms. The molecule has 4 nitrogen and oxygen atoms in total. The SMILES string of the molecule is CC(CCCO)NS(=O)(=O)c1ccc(I)cc1. The average molecular weight is 369 g/mol. The highest BCUT2D eigenvalue weighted by molar-refractivity contribution is 14.1. The van der Waals surface area contributed by atoms with Gasteiger partial charge in [-0.1, -0.05) is 0 Å². The van der Waals surface area contributed by atoms with Crippen LogP contribution in [0.4, 0.5) is 0 Å². The number of aliphatic hydroxyl groups excluding tert-OH is 1. The van der Waals surface area contributed by atoms with Crippen molar-refractivity contribution in [2.45, 2.75) is 30.7 Å². The predicted octanol–water partition coefficient (Wildman–Crippen LogP) is 1.73. The number of halogens is 1. The van der Waals surface area contributed by atoms with Gasteiger partial charge in [-0.2, -0.15) is 0 Å². The highest BCUT2D eigenvalue weighted by Gasteiger charge is 2.16. The van der Waals surface area contributed by atoms with Crippen LogP contribution in [0.2, 0.25) is 0 Å². The van der Waals surface area contributed by atoms with Gasteiger partial charge in [0, 0.05) is 16.2 Å². The maximum Gasteiger partial charge on any atom is 0.240 e. The summed E-state index contributed by atoms with van der Waals surface area (Å²) in [5.41, 5.74) is 0. The van der Waals surface area contributed by atoms with Gasteiger partial charge in [-0.3, -0.25) is 0 Å². The molecule has 0 fully saturated rings. The molecule has 6 heteroatoms. The Balaban J connectivity index is 2.71. The van der Waals surface area contributed by atoms with E-state index in [4.69, 9.17) is 5.11 Å². The Kier molecular flexibility index (Phi) is 5.84. The minimum absolute atomic E-state index is 0.0790. The summed E-state index contributed by atoms with van der Waals surface area (Å²) in [7, 11) is -3.44. The van der Waals surface area contributed by atoms with Crippen LogP contribution in [0, 0.1) is 3.57 Å². The molecular weight excluding hydrogens is 353 g/mol. The van der Waals surface area contributed by atoms with Crippen molar-refractivity contribution in [1.82, 2.24) is 4.72 Å². The molecule has 0 radical (unpaired) electrons. The van der Waals surface area contributed by atoms with Crippen molar-refractivity contribution in [2.24, 2.45) is 0 Å². The lowest BCUT2D eigenvalue weighted by atomic mass is 10.2. The molecule has 0 spiro atoms. The van der Waals surface area contributed by atoms with E-state index in [2.05, 4.69) is 27.3 Å². The summed E-state index contributed by atoms with van der Waals surface area (Å²) in [4.78, 5) is 0.272. The van der Waals surface area contributed by atoms with Crippen LogP contribution in [0.15, 0.2) is 29.2 Å². The van der Waals surface area contributed by atoms with Gasteiger partial charge < -0.3 is 5.11 Å². The van der Waals surface area contributed by atoms with Gasteiger partial charge in [-0.15, -0.1) is 0 Å². The van der Waals surface area contributed by atoms with Gasteiger partial charge in [-0.25, -0.2) is 13.1 Å². The fraction of sp³-hybridized carbons (Fsp3) is 0.455. The van der Waals surface area contributed by atoms with Crippen molar-refractivity contribution in [2.75, 3.05) is 6.61 Å². The van der Waals surface area contributed by atoms with Crippen molar-refractivity contribution < 1.29 is 13.5 Å². The van der Waals surface area contributed by atoms with Crippen molar-refractivity contribution in [3.63, 3.8) is 0 Å². The molecular formula is C11H16INO3S. The summed E-state index contributed by atoms with van der Waals surface area (Å²) < 4.78 is 27.5. The van der Waals surface area contributed by atoms with Crippen LogP contribution in [-0.4, -0.2) is 26.2 Å². The number of nitrogens with one attached hydrogen (secondary N) is 1. The zero-order chi connectivity index (χ0) is 12.9. The van der Waals surface area contributed by atoms with Gasteiger partial charge in [0.25, 0.3) is 0 Å². The molecule has 0 aliphatic carbocycles. The maximum atomic E-state index is 11.9. The van der Waals surface area contributed by atoms with E-state index in [9.17, 15) is 8.42 Å². The summed E-state index contributed by atoms with van der Waals surface area (Å²) in [5.74, 6) is 0. The van der Waals surface area contributed by atoms with E-state index in [1.807, 2.05) is 0 Å². The van der Waals surface area contributed by atoms with Crippen LogP contribution in [0.1, 0.15) is 19.8 Å². The lowest BCUT2D eigenvalue weighted by Crippen LogP contribution is -2.32. The topological polar surface area (TPSA) is 66.4 Å². The second kappa shape index (κ2) is 6.67. The first-order valence-corrected chi connectivity index (χ1v) is 7.90. The molecule has 0 saturated heterocycles. The number of sulfonamides is 1. The lowest BCUT2D eigenvalue weighted by molar-refractivity contribution is 0.279. The van der Waals surface area contributed by atoms with E-state index in [-0.39, 0.29) is 17.5 Å². The second-order valence-corrected chi connectivity index (χ2v) is 6.80. The molecule has 1 aromatic carbocycles. The first-order chi connectivity index (χ1) is 7.95. The predicted molar refractivity (Wildman–Crippen MR) is 75.3 cm³/mol. The Morgan fingerprint density at radius 1 is 1.35 bits per heavy atom. The third kappa shape index (κ3) is 4.90. The van der Waals surface area contributed by atoms with E-state index in [0.717, 1.165) is 3.57 Å². The van der Waals surface area contributed by atoms with Gasteiger partial charge in [-0.05, 0) is 66.6 Å². The van der Waals surface area contributed by atoms with E-state index in [0.29, 0.717) is 12.8 Å². The zero-order valence-electron chi connectivity index (χ0n) is 9.56. The highest BCUT2D eigenvalue weighted by atomic mass is 127. The fourth-order valence-electron chi connectivity index (χ4n) is 1.40. The fourth-order valence-corrected chi connectivity index (χ4v) is 3.04. The third-order valence-electron chi connectivity index (χ3n) is 2.28. The molecule has 1 aromatic rings. The second-order valence-electron chi connectivity index (χ2n) is 3.84. The molecule has 0 amide bonds. The van der Waals surface area contributed by atoms with Crippen LogP contribution >= 0.6 is 22.6 Å².